The van der Waals surface area contributed by atoms with Gasteiger partial charge in [0.1, 0.15) is 5.70 Å². The van der Waals surface area contributed by atoms with E-state index in [1.165, 1.54) is 0 Å². The molecule has 0 aromatic heterocycles. The number of fused-ring (bicyclic) bond motifs is 1. The maximum atomic E-state index is 10.6. The van der Waals surface area contributed by atoms with E-state index < -0.39 is 5.97 Å². The van der Waals surface area contributed by atoms with Crippen LogP contribution in [0, 0.1) is 0 Å². The lowest BCUT2D eigenvalue weighted by Gasteiger charge is -2.44. The molecule has 1 fully saturated rings. The van der Waals surface area contributed by atoms with Crippen molar-refractivity contribution in [3.05, 3.63) is 11.8 Å². The SMILES string of the molecule is O.O.O.O=C(O)C1=CCSC2CCN12. The van der Waals surface area contributed by atoms with E-state index in [-0.39, 0.29) is 16.4 Å². The number of hydrogen-bond acceptors (Lipinski definition) is 3. The van der Waals surface area contributed by atoms with E-state index in [2.05, 4.69) is 0 Å². The van der Waals surface area contributed by atoms with Gasteiger partial charge in [0.05, 0.1) is 5.37 Å². The van der Waals surface area contributed by atoms with Crippen LogP contribution in [0.1, 0.15) is 6.42 Å². The maximum absolute atomic E-state index is 10.6. The average Bonchev–Trinajstić information content (AvgIpc) is 1.90. The number of carboxylic acid groups (broad SMARTS) is 1. The van der Waals surface area contributed by atoms with Crippen LogP contribution in [0.25, 0.3) is 0 Å². The lowest BCUT2D eigenvalue weighted by molar-refractivity contribution is -0.135. The number of hydrogen-bond donors (Lipinski definition) is 1. The second-order valence-electron chi connectivity index (χ2n) is 2.66. The molecule has 0 aromatic rings. The summed E-state index contributed by atoms with van der Waals surface area (Å²) < 4.78 is 0. The van der Waals surface area contributed by atoms with Gasteiger partial charge in [-0.15, -0.1) is 11.8 Å². The smallest absolute Gasteiger partial charge is 0.351 e. The van der Waals surface area contributed by atoms with Crippen molar-refractivity contribution < 1.29 is 26.3 Å². The molecule has 14 heavy (non-hydrogen) atoms. The zero-order valence-corrected chi connectivity index (χ0v) is 8.30. The first-order valence-electron chi connectivity index (χ1n) is 3.61. The molecule has 2 rings (SSSR count). The van der Waals surface area contributed by atoms with Gasteiger partial charge in [0.25, 0.3) is 0 Å². The number of carboxylic acids is 1. The monoisotopic (exact) mass is 225 g/mol. The van der Waals surface area contributed by atoms with Crippen LogP contribution in [0.5, 0.6) is 0 Å². The summed E-state index contributed by atoms with van der Waals surface area (Å²) in [5, 5.41) is 9.19. The van der Waals surface area contributed by atoms with Gasteiger partial charge in [0.15, 0.2) is 0 Å². The normalized spacial score (nSPS) is 22.4. The van der Waals surface area contributed by atoms with Crippen LogP contribution in [0.3, 0.4) is 0 Å². The number of thioether (sulfide) groups is 1. The van der Waals surface area contributed by atoms with Crippen molar-refractivity contribution in [1.82, 2.24) is 4.90 Å². The molecule has 7 heteroatoms. The highest BCUT2D eigenvalue weighted by molar-refractivity contribution is 8.00. The molecule has 7 N–H and O–H groups in total. The van der Waals surface area contributed by atoms with Crippen LogP contribution in [0.15, 0.2) is 11.8 Å². The van der Waals surface area contributed by atoms with Gasteiger partial charge in [0.2, 0.25) is 0 Å². The van der Waals surface area contributed by atoms with Gasteiger partial charge < -0.3 is 26.4 Å². The largest absolute Gasteiger partial charge is 0.477 e. The highest BCUT2D eigenvalue weighted by Crippen LogP contribution is 2.35. The minimum atomic E-state index is -0.782. The third-order valence-corrected chi connectivity index (χ3v) is 3.29. The zero-order valence-electron chi connectivity index (χ0n) is 7.49. The van der Waals surface area contributed by atoms with Crippen LogP contribution in [0.4, 0.5) is 0 Å². The van der Waals surface area contributed by atoms with Gasteiger partial charge in [-0.25, -0.2) is 4.79 Å². The van der Waals surface area contributed by atoms with E-state index in [4.69, 9.17) is 5.11 Å². The molecular formula is C7H15NO5S. The minimum absolute atomic E-state index is 0. The molecule has 2 aliphatic heterocycles. The highest BCUT2D eigenvalue weighted by atomic mass is 32.2. The molecule has 0 aliphatic carbocycles. The van der Waals surface area contributed by atoms with Crippen molar-refractivity contribution in [3.8, 4) is 0 Å². The Morgan fingerprint density at radius 3 is 2.50 bits per heavy atom. The molecule has 84 valence electrons. The predicted octanol–water partition coefficient (Wildman–Crippen LogP) is -1.74. The third-order valence-electron chi connectivity index (χ3n) is 2.06. The zero-order chi connectivity index (χ0) is 7.84. The molecule has 0 saturated carbocycles. The van der Waals surface area contributed by atoms with Gasteiger partial charge in [-0.05, 0) is 12.5 Å². The summed E-state index contributed by atoms with van der Waals surface area (Å²) in [7, 11) is 0. The number of aliphatic carboxylic acids is 1. The van der Waals surface area contributed by atoms with Crippen molar-refractivity contribution >= 4 is 17.7 Å². The molecule has 2 aliphatic rings. The Balaban J connectivity index is 0. The molecule has 0 bridgehead atoms. The van der Waals surface area contributed by atoms with Gasteiger partial charge in [0, 0.05) is 12.3 Å². The van der Waals surface area contributed by atoms with Gasteiger partial charge in [-0.2, -0.15) is 0 Å². The number of rotatable bonds is 1. The van der Waals surface area contributed by atoms with Gasteiger partial charge in [-0.1, -0.05) is 0 Å². The van der Waals surface area contributed by atoms with Crippen molar-refractivity contribution in [2.45, 2.75) is 11.8 Å². The maximum Gasteiger partial charge on any atom is 0.351 e. The van der Waals surface area contributed by atoms with E-state index in [0.29, 0.717) is 11.1 Å². The molecule has 1 atom stereocenters. The molecule has 0 aromatic carbocycles. The molecule has 1 saturated heterocycles. The summed E-state index contributed by atoms with van der Waals surface area (Å²) in [6, 6.07) is 0. The first-order chi connectivity index (χ1) is 5.29. The van der Waals surface area contributed by atoms with Gasteiger partial charge >= 0.3 is 5.97 Å². The lowest BCUT2D eigenvalue weighted by Crippen LogP contribution is -2.48. The second-order valence-corrected chi connectivity index (χ2v) is 3.88. The van der Waals surface area contributed by atoms with E-state index in [9.17, 15) is 4.79 Å². The standard InChI is InChI=1S/C7H9NO2S.3H2O/c9-7(10)5-2-4-11-6-1-3-8(5)6;;;/h2,6H,1,3-4H2,(H,9,10);3*1H2. The highest BCUT2D eigenvalue weighted by Gasteiger charge is 2.34. The molecule has 0 amide bonds. The fourth-order valence-corrected chi connectivity index (χ4v) is 2.53. The Bertz CT molecular complexity index is 232. The summed E-state index contributed by atoms with van der Waals surface area (Å²) in [4.78, 5) is 12.6. The summed E-state index contributed by atoms with van der Waals surface area (Å²) in [5.41, 5.74) is 0.500. The Kier molecular flexibility index (Phi) is 6.58. The fourth-order valence-electron chi connectivity index (χ4n) is 1.38. The topological polar surface area (TPSA) is 135 Å². The molecular weight excluding hydrogens is 210 g/mol. The Hall–Kier alpha value is -0.760. The Morgan fingerprint density at radius 1 is 1.50 bits per heavy atom. The number of carbonyl (C=O) groups is 1. The summed E-state index contributed by atoms with van der Waals surface area (Å²) >= 11 is 1.82. The fraction of sp³-hybridized carbons (Fsp3) is 0.571. The van der Waals surface area contributed by atoms with E-state index in [1.807, 2.05) is 16.7 Å². The van der Waals surface area contributed by atoms with Crippen molar-refractivity contribution in [2.24, 2.45) is 0 Å². The molecule has 2 heterocycles. The molecule has 1 unspecified atom stereocenters. The van der Waals surface area contributed by atoms with Crippen LogP contribution in [-0.2, 0) is 4.79 Å². The average molecular weight is 225 g/mol. The Labute approximate surface area is 85.5 Å². The van der Waals surface area contributed by atoms with Crippen LogP contribution in [-0.4, -0.2) is 50.1 Å². The number of nitrogens with zero attached hydrogens (tertiary/aromatic N) is 1. The summed E-state index contributed by atoms with van der Waals surface area (Å²) in [5.74, 6) is 0.0676. The van der Waals surface area contributed by atoms with Crippen LogP contribution in [0.2, 0.25) is 0 Å². The van der Waals surface area contributed by atoms with Crippen molar-refractivity contribution in [2.75, 3.05) is 12.3 Å². The van der Waals surface area contributed by atoms with Crippen molar-refractivity contribution in [1.29, 1.82) is 0 Å². The van der Waals surface area contributed by atoms with Gasteiger partial charge in [-0.3, -0.25) is 0 Å². The van der Waals surface area contributed by atoms with E-state index >= 15 is 0 Å². The van der Waals surface area contributed by atoms with E-state index in [0.717, 1.165) is 18.7 Å². The second kappa shape index (κ2) is 5.86. The van der Waals surface area contributed by atoms with Crippen molar-refractivity contribution in [3.63, 3.8) is 0 Å². The molecule has 0 spiro atoms. The summed E-state index contributed by atoms with van der Waals surface area (Å²) in [6.45, 7) is 0.913. The summed E-state index contributed by atoms with van der Waals surface area (Å²) in [6.07, 6.45) is 2.93. The quantitative estimate of drug-likeness (QED) is 0.566. The molecule has 0 radical (unpaired) electrons. The lowest BCUT2D eigenvalue weighted by atomic mass is 10.2. The Morgan fingerprint density at radius 2 is 2.14 bits per heavy atom. The predicted molar refractivity (Wildman–Crippen MR) is 54.1 cm³/mol. The first kappa shape index (κ1) is 15.7. The third kappa shape index (κ3) is 2.38. The van der Waals surface area contributed by atoms with E-state index in [1.54, 1.807) is 6.08 Å². The van der Waals surface area contributed by atoms with Crippen LogP contribution < -0.4 is 0 Å². The van der Waals surface area contributed by atoms with Crippen LogP contribution >= 0.6 is 11.8 Å². The first-order valence-corrected chi connectivity index (χ1v) is 4.65. The molecule has 6 nitrogen and oxygen atoms in total. The minimum Gasteiger partial charge on any atom is -0.477 e.